The Bertz CT molecular complexity index is 1520. The van der Waals surface area contributed by atoms with E-state index in [0.717, 1.165) is 16.7 Å². The van der Waals surface area contributed by atoms with Gasteiger partial charge in [0.1, 0.15) is 18.1 Å². The minimum atomic E-state index is -0.806. The molecule has 38 heavy (non-hydrogen) atoms. The number of benzene rings is 3. The van der Waals surface area contributed by atoms with Gasteiger partial charge < -0.3 is 14.7 Å². The number of amides is 1. The third-order valence-corrected chi connectivity index (χ3v) is 6.66. The Balaban J connectivity index is 1.47. The molecule has 0 unspecified atom stereocenters. The summed E-state index contributed by atoms with van der Waals surface area (Å²) < 4.78 is 5.89. The third kappa shape index (κ3) is 5.31. The zero-order chi connectivity index (χ0) is 26.6. The second-order valence-corrected chi connectivity index (χ2v) is 9.58. The number of carbonyl (C=O) groups is 2. The van der Waals surface area contributed by atoms with Gasteiger partial charge in [-0.25, -0.2) is 0 Å². The lowest BCUT2D eigenvalue weighted by Gasteiger charge is -2.25. The molecule has 1 aliphatic heterocycles. The van der Waals surface area contributed by atoms with Gasteiger partial charge in [0.25, 0.3) is 11.7 Å². The van der Waals surface area contributed by atoms with Gasteiger partial charge >= 0.3 is 0 Å². The Kier molecular flexibility index (Phi) is 7.24. The van der Waals surface area contributed by atoms with Crippen LogP contribution in [-0.4, -0.2) is 26.7 Å². The van der Waals surface area contributed by atoms with Crippen LogP contribution in [0, 0.1) is 6.92 Å². The smallest absolute Gasteiger partial charge is 0.295 e. The van der Waals surface area contributed by atoms with Crippen molar-refractivity contribution in [3.63, 3.8) is 0 Å². The average molecular weight is 525 g/mol. The van der Waals surface area contributed by atoms with Gasteiger partial charge in [0.2, 0.25) is 0 Å². The Morgan fingerprint density at radius 1 is 0.947 bits per heavy atom. The van der Waals surface area contributed by atoms with Crippen LogP contribution in [0.5, 0.6) is 5.75 Å². The SMILES string of the molecule is Cc1cccc(COc2ccc(C(O)=C3C(=O)C(=O)N(Cc4ccncc4)[C@@H]3c3cccc(Cl)c3)cc2)c1. The predicted molar refractivity (Wildman–Crippen MR) is 145 cm³/mol. The second-order valence-electron chi connectivity index (χ2n) is 9.14. The molecule has 1 atom stereocenters. The van der Waals surface area contributed by atoms with Crippen LogP contribution in [-0.2, 0) is 22.7 Å². The standard InChI is InChI=1S/C31H25ClN2O4/c1-20-4-2-5-22(16-20)19-38-26-10-8-23(9-11-26)29(35)27-28(24-6-3-7-25(32)17-24)34(31(37)30(27)36)18-21-12-14-33-15-13-21/h2-17,28,35H,18-19H2,1H3/t28-/m1/s1. The van der Waals surface area contributed by atoms with E-state index < -0.39 is 17.7 Å². The van der Waals surface area contributed by atoms with Crippen molar-refractivity contribution in [3.05, 3.63) is 136 Å². The molecule has 1 aliphatic rings. The van der Waals surface area contributed by atoms with Crippen molar-refractivity contribution in [2.75, 3.05) is 0 Å². The van der Waals surface area contributed by atoms with Crippen molar-refractivity contribution in [3.8, 4) is 5.75 Å². The summed E-state index contributed by atoms with van der Waals surface area (Å²) >= 11 is 6.26. The van der Waals surface area contributed by atoms with Crippen LogP contribution >= 0.6 is 11.6 Å². The Hall–Kier alpha value is -4.42. The first-order valence-corrected chi connectivity index (χ1v) is 12.5. The van der Waals surface area contributed by atoms with Crippen molar-refractivity contribution in [1.82, 2.24) is 9.88 Å². The topological polar surface area (TPSA) is 79.7 Å². The van der Waals surface area contributed by atoms with Gasteiger partial charge in [0.15, 0.2) is 0 Å². The van der Waals surface area contributed by atoms with Crippen LogP contribution in [0.15, 0.2) is 103 Å². The lowest BCUT2D eigenvalue weighted by Crippen LogP contribution is -2.29. The molecular formula is C31H25ClN2O4. The number of aryl methyl sites for hydroxylation is 1. The number of carbonyl (C=O) groups excluding carboxylic acids is 2. The van der Waals surface area contributed by atoms with E-state index in [1.54, 1.807) is 73.1 Å². The van der Waals surface area contributed by atoms with E-state index in [4.69, 9.17) is 16.3 Å². The number of nitrogens with zero attached hydrogens (tertiary/aromatic N) is 2. The van der Waals surface area contributed by atoms with Crippen molar-refractivity contribution < 1.29 is 19.4 Å². The number of aromatic nitrogens is 1. The average Bonchev–Trinajstić information content (AvgIpc) is 3.17. The summed E-state index contributed by atoms with van der Waals surface area (Å²) in [6, 6.07) is 24.6. The van der Waals surface area contributed by atoms with E-state index in [9.17, 15) is 14.7 Å². The van der Waals surface area contributed by atoms with E-state index in [1.165, 1.54) is 4.90 Å². The number of hydrogen-bond acceptors (Lipinski definition) is 5. The molecular weight excluding hydrogens is 500 g/mol. The molecule has 2 heterocycles. The quantitative estimate of drug-likeness (QED) is 0.176. The molecule has 190 valence electrons. The number of ether oxygens (including phenoxy) is 1. The third-order valence-electron chi connectivity index (χ3n) is 6.42. The fourth-order valence-electron chi connectivity index (χ4n) is 4.58. The number of aliphatic hydroxyl groups excluding tert-OH is 1. The number of hydrogen-bond donors (Lipinski definition) is 1. The predicted octanol–water partition coefficient (Wildman–Crippen LogP) is 6.24. The second kappa shape index (κ2) is 10.9. The molecule has 0 aliphatic carbocycles. The highest BCUT2D eigenvalue weighted by Crippen LogP contribution is 2.41. The molecule has 1 saturated heterocycles. The van der Waals surface area contributed by atoms with Crippen molar-refractivity contribution in [2.24, 2.45) is 0 Å². The molecule has 1 N–H and O–H groups in total. The normalized spacial score (nSPS) is 16.6. The summed E-state index contributed by atoms with van der Waals surface area (Å²) in [5.74, 6) is -1.07. The van der Waals surface area contributed by atoms with Gasteiger partial charge in [-0.3, -0.25) is 14.6 Å². The van der Waals surface area contributed by atoms with Crippen LogP contribution in [0.1, 0.15) is 33.9 Å². The lowest BCUT2D eigenvalue weighted by molar-refractivity contribution is -0.140. The van der Waals surface area contributed by atoms with E-state index in [0.29, 0.717) is 28.5 Å². The number of aliphatic hydroxyl groups is 1. The molecule has 0 spiro atoms. The summed E-state index contributed by atoms with van der Waals surface area (Å²) in [5.41, 5.74) is 4.06. The first-order chi connectivity index (χ1) is 18.4. The molecule has 0 bridgehead atoms. The maximum atomic E-state index is 13.3. The number of pyridine rings is 1. The summed E-state index contributed by atoms with van der Waals surface area (Å²) in [6.45, 7) is 2.60. The zero-order valence-electron chi connectivity index (χ0n) is 20.7. The number of rotatable bonds is 7. The molecule has 0 radical (unpaired) electrons. The molecule has 3 aromatic carbocycles. The molecule has 6 nitrogen and oxygen atoms in total. The van der Waals surface area contributed by atoms with Crippen LogP contribution in [0.3, 0.4) is 0 Å². The van der Waals surface area contributed by atoms with Crippen LogP contribution in [0.25, 0.3) is 5.76 Å². The highest BCUT2D eigenvalue weighted by Gasteiger charge is 2.46. The van der Waals surface area contributed by atoms with Crippen LogP contribution < -0.4 is 4.74 Å². The Morgan fingerprint density at radius 3 is 2.39 bits per heavy atom. The van der Waals surface area contributed by atoms with Crippen molar-refractivity contribution in [1.29, 1.82) is 0 Å². The summed E-state index contributed by atoms with van der Waals surface area (Å²) in [4.78, 5) is 31.9. The maximum absolute atomic E-state index is 13.3. The van der Waals surface area contributed by atoms with Crippen molar-refractivity contribution >= 4 is 29.1 Å². The van der Waals surface area contributed by atoms with Gasteiger partial charge in [-0.05, 0) is 72.1 Å². The number of halogens is 1. The monoisotopic (exact) mass is 524 g/mol. The maximum Gasteiger partial charge on any atom is 0.295 e. The summed E-state index contributed by atoms with van der Waals surface area (Å²) in [7, 11) is 0. The molecule has 7 heteroatoms. The molecule has 1 amide bonds. The first kappa shape index (κ1) is 25.2. The number of Topliss-reactive ketones (excluding diaryl/α,β-unsaturated/α-hetero) is 1. The van der Waals surface area contributed by atoms with Gasteiger partial charge in [-0.15, -0.1) is 0 Å². The summed E-state index contributed by atoms with van der Waals surface area (Å²) in [6.07, 6.45) is 3.26. The molecule has 4 aromatic rings. The van der Waals surface area contributed by atoms with E-state index >= 15 is 0 Å². The van der Waals surface area contributed by atoms with Crippen molar-refractivity contribution in [2.45, 2.75) is 26.1 Å². The lowest BCUT2D eigenvalue weighted by atomic mass is 9.95. The van der Waals surface area contributed by atoms with E-state index in [-0.39, 0.29) is 17.9 Å². The van der Waals surface area contributed by atoms with Crippen LogP contribution in [0.2, 0.25) is 5.02 Å². The summed E-state index contributed by atoms with van der Waals surface area (Å²) in [5, 5.41) is 11.8. The molecule has 5 rings (SSSR count). The first-order valence-electron chi connectivity index (χ1n) is 12.1. The highest BCUT2D eigenvalue weighted by atomic mass is 35.5. The van der Waals surface area contributed by atoms with E-state index in [2.05, 4.69) is 11.1 Å². The van der Waals surface area contributed by atoms with Gasteiger partial charge in [0.05, 0.1) is 11.6 Å². The van der Waals surface area contributed by atoms with Gasteiger partial charge in [-0.1, -0.05) is 53.6 Å². The fourth-order valence-corrected chi connectivity index (χ4v) is 4.78. The highest BCUT2D eigenvalue weighted by molar-refractivity contribution is 6.46. The molecule has 1 aromatic heterocycles. The number of likely N-dealkylation sites (tertiary alicyclic amines) is 1. The Morgan fingerprint density at radius 2 is 1.68 bits per heavy atom. The fraction of sp³-hybridized carbons (Fsp3) is 0.129. The Labute approximate surface area is 225 Å². The van der Waals surface area contributed by atoms with Crippen LogP contribution in [0.4, 0.5) is 0 Å². The van der Waals surface area contributed by atoms with E-state index in [1.807, 2.05) is 25.1 Å². The minimum absolute atomic E-state index is 0.0137. The zero-order valence-corrected chi connectivity index (χ0v) is 21.4. The van der Waals surface area contributed by atoms with Gasteiger partial charge in [-0.2, -0.15) is 0 Å². The minimum Gasteiger partial charge on any atom is -0.507 e. The van der Waals surface area contributed by atoms with Gasteiger partial charge in [0, 0.05) is 29.5 Å². The molecule has 1 fully saturated rings. The largest absolute Gasteiger partial charge is 0.507 e. The number of ketones is 1. The molecule has 0 saturated carbocycles.